The third-order valence-corrected chi connectivity index (χ3v) is 5.06. The van der Waals surface area contributed by atoms with Gasteiger partial charge in [0.25, 0.3) is 0 Å². The van der Waals surface area contributed by atoms with Crippen LogP contribution in [0.5, 0.6) is 11.5 Å². The highest BCUT2D eigenvalue weighted by molar-refractivity contribution is 5.92. The van der Waals surface area contributed by atoms with Crippen molar-refractivity contribution in [3.05, 3.63) is 65.0 Å². The first kappa shape index (κ1) is 22.3. The SMILES string of the molecule is CCOc1cc2c(cc1/C=C/C(=O)NCC(Cc1ccc(F)cc1)C(N)=O)OC(C)C2. The highest BCUT2D eigenvalue weighted by Crippen LogP contribution is 2.35. The van der Waals surface area contributed by atoms with Crippen molar-refractivity contribution < 1.29 is 23.5 Å². The molecule has 7 heteroatoms. The first-order valence-electron chi connectivity index (χ1n) is 10.3. The van der Waals surface area contributed by atoms with Crippen LogP contribution in [0.4, 0.5) is 4.39 Å². The predicted octanol–water partition coefficient (Wildman–Crippen LogP) is 3.02. The molecule has 0 bridgehead atoms. The van der Waals surface area contributed by atoms with E-state index in [0.717, 1.165) is 28.9 Å². The maximum Gasteiger partial charge on any atom is 0.244 e. The van der Waals surface area contributed by atoms with Gasteiger partial charge in [-0.1, -0.05) is 12.1 Å². The Labute approximate surface area is 181 Å². The van der Waals surface area contributed by atoms with E-state index in [-0.39, 0.29) is 24.4 Å². The second-order valence-electron chi connectivity index (χ2n) is 7.57. The lowest BCUT2D eigenvalue weighted by Crippen LogP contribution is -2.36. The summed E-state index contributed by atoms with van der Waals surface area (Å²) >= 11 is 0. The van der Waals surface area contributed by atoms with Crippen molar-refractivity contribution in [1.82, 2.24) is 5.32 Å². The molecule has 2 amide bonds. The average molecular weight is 426 g/mol. The standard InChI is InChI=1S/C24H27FN2O4/c1-3-30-21-13-18-10-15(2)31-22(18)12-17(21)6-9-23(28)27-14-19(24(26)29)11-16-4-7-20(25)8-5-16/h4-9,12-13,15,19H,3,10-11,14H2,1-2H3,(H2,26,29)(H,27,28)/b9-6+. The van der Waals surface area contributed by atoms with E-state index in [1.807, 2.05) is 26.0 Å². The summed E-state index contributed by atoms with van der Waals surface area (Å²) in [7, 11) is 0. The molecule has 0 saturated heterocycles. The van der Waals surface area contributed by atoms with E-state index in [9.17, 15) is 14.0 Å². The Hall–Kier alpha value is -3.35. The minimum atomic E-state index is -0.600. The molecule has 3 rings (SSSR count). The maximum atomic E-state index is 13.1. The smallest absolute Gasteiger partial charge is 0.244 e. The topological polar surface area (TPSA) is 90.6 Å². The van der Waals surface area contributed by atoms with Crippen molar-refractivity contribution >= 4 is 17.9 Å². The predicted molar refractivity (Wildman–Crippen MR) is 116 cm³/mol. The minimum Gasteiger partial charge on any atom is -0.493 e. The number of primary amides is 1. The van der Waals surface area contributed by atoms with Gasteiger partial charge in [-0.05, 0) is 56.2 Å². The molecule has 0 radical (unpaired) electrons. The number of hydrogen-bond acceptors (Lipinski definition) is 4. The molecule has 0 spiro atoms. The summed E-state index contributed by atoms with van der Waals surface area (Å²) in [6.07, 6.45) is 4.29. The van der Waals surface area contributed by atoms with Crippen LogP contribution in [0.1, 0.15) is 30.5 Å². The molecular formula is C24H27FN2O4. The van der Waals surface area contributed by atoms with Gasteiger partial charge in [-0.2, -0.15) is 0 Å². The number of carbonyl (C=O) groups is 2. The quantitative estimate of drug-likeness (QED) is 0.603. The lowest BCUT2D eigenvalue weighted by Gasteiger charge is -2.14. The Morgan fingerprint density at radius 3 is 2.74 bits per heavy atom. The number of nitrogens with two attached hydrogens (primary N) is 1. The number of hydrogen-bond donors (Lipinski definition) is 2. The summed E-state index contributed by atoms with van der Waals surface area (Å²) in [6.45, 7) is 4.49. The van der Waals surface area contributed by atoms with Gasteiger partial charge in [0.05, 0.1) is 12.5 Å². The third-order valence-electron chi connectivity index (χ3n) is 5.06. The lowest BCUT2D eigenvalue weighted by atomic mass is 9.98. The first-order chi connectivity index (χ1) is 14.9. The molecule has 2 unspecified atom stereocenters. The van der Waals surface area contributed by atoms with E-state index in [2.05, 4.69) is 5.32 Å². The van der Waals surface area contributed by atoms with E-state index in [4.69, 9.17) is 15.2 Å². The molecule has 31 heavy (non-hydrogen) atoms. The monoisotopic (exact) mass is 426 g/mol. The first-order valence-corrected chi connectivity index (χ1v) is 10.3. The van der Waals surface area contributed by atoms with Gasteiger partial charge in [0.2, 0.25) is 11.8 Å². The molecule has 0 aromatic heterocycles. The highest BCUT2D eigenvalue weighted by Gasteiger charge is 2.21. The normalized spacial score (nSPS) is 15.9. The van der Waals surface area contributed by atoms with Gasteiger partial charge in [-0.3, -0.25) is 9.59 Å². The molecule has 2 atom stereocenters. The summed E-state index contributed by atoms with van der Waals surface area (Å²) in [5.41, 5.74) is 8.06. The van der Waals surface area contributed by atoms with Crippen LogP contribution in [0.2, 0.25) is 0 Å². The zero-order valence-corrected chi connectivity index (χ0v) is 17.7. The van der Waals surface area contributed by atoms with E-state index in [1.165, 1.54) is 18.2 Å². The van der Waals surface area contributed by atoms with E-state index < -0.39 is 11.8 Å². The van der Waals surface area contributed by atoms with Crippen molar-refractivity contribution in [2.24, 2.45) is 11.7 Å². The maximum absolute atomic E-state index is 13.1. The van der Waals surface area contributed by atoms with Crippen LogP contribution in [0.3, 0.4) is 0 Å². The molecule has 2 aromatic rings. The minimum absolute atomic E-state index is 0.0824. The number of amides is 2. The molecule has 1 aliphatic heterocycles. The molecule has 6 nitrogen and oxygen atoms in total. The number of halogens is 1. The number of nitrogens with one attached hydrogen (secondary N) is 1. The second-order valence-corrected chi connectivity index (χ2v) is 7.57. The number of fused-ring (bicyclic) bond motifs is 1. The summed E-state index contributed by atoms with van der Waals surface area (Å²) in [5, 5.41) is 2.70. The van der Waals surface area contributed by atoms with E-state index in [1.54, 1.807) is 18.2 Å². The number of carbonyl (C=O) groups excluding carboxylic acids is 2. The molecule has 0 aliphatic carbocycles. The third kappa shape index (κ3) is 6.07. The second kappa shape index (κ2) is 10.1. The van der Waals surface area contributed by atoms with E-state index >= 15 is 0 Å². The summed E-state index contributed by atoms with van der Waals surface area (Å²) in [4.78, 5) is 24.1. The molecular weight excluding hydrogens is 399 g/mol. The van der Waals surface area contributed by atoms with E-state index in [0.29, 0.717) is 18.8 Å². The van der Waals surface area contributed by atoms with Crippen LogP contribution >= 0.6 is 0 Å². The van der Waals surface area contributed by atoms with Crippen LogP contribution in [0.15, 0.2) is 42.5 Å². The van der Waals surface area contributed by atoms with Crippen LogP contribution in [0, 0.1) is 11.7 Å². The summed E-state index contributed by atoms with van der Waals surface area (Å²) < 4.78 is 24.6. The Morgan fingerprint density at radius 1 is 1.32 bits per heavy atom. The zero-order chi connectivity index (χ0) is 22.4. The Bertz CT molecular complexity index is 972. The van der Waals surface area contributed by atoms with Crippen LogP contribution in [-0.4, -0.2) is 31.1 Å². The number of benzene rings is 2. The molecule has 1 heterocycles. The fourth-order valence-electron chi connectivity index (χ4n) is 3.49. The van der Waals surface area contributed by atoms with Crippen molar-refractivity contribution in [3.63, 3.8) is 0 Å². The molecule has 2 aromatic carbocycles. The van der Waals surface area contributed by atoms with Crippen molar-refractivity contribution in [2.45, 2.75) is 32.8 Å². The fourth-order valence-corrected chi connectivity index (χ4v) is 3.49. The van der Waals surface area contributed by atoms with Crippen molar-refractivity contribution in [3.8, 4) is 11.5 Å². The average Bonchev–Trinajstić information content (AvgIpc) is 3.09. The fraction of sp³-hybridized carbons (Fsp3) is 0.333. The molecule has 164 valence electrons. The van der Waals surface area contributed by atoms with Gasteiger partial charge in [0, 0.05) is 30.2 Å². The highest BCUT2D eigenvalue weighted by atomic mass is 19.1. The number of ether oxygens (including phenoxy) is 2. The van der Waals surface area contributed by atoms with Gasteiger partial charge in [0.1, 0.15) is 23.4 Å². The van der Waals surface area contributed by atoms with Crippen LogP contribution < -0.4 is 20.5 Å². The van der Waals surface area contributed by atoms with Gasteiger partial charge < -0.3 is 20.5 Å². The summed E-state index contributed by atoms with van der Waals surface area (Å²) in [6, 6.07) is 9.66. The largest absolute Gasteiger partial charge is 0.493 e. The lowest BCUT2D eigenvalue weighted by molar-refractivity contribution is -0.122. The Kier molecular flexibility index (Phi) is 7.28. The van der Waals surface area contributed by atoms with Gasteiger partial charge in [-0.15, -0.1) is 0 Å². The zero-order valence-electron chi connectivity index (χ0n) is 17.7. The van der Waals surface area contributed by atoms with Gasteiger partial charge in [-0.25, -0.2) is 4.39 Å². The molecule has 3 N–H and O–H groups in total. The van der Waals surface area contributed by atoms with Crippen molar-refractivity contribution in [2.75, 3.05) is 13.2 Å². The van der Waals surface area contributed by atoms with Crippen LogP contribution in [-0.2, 0) is 22.4 Å². The Morgan fingerprint density at radius 2 is 2.06 bits per heavy atom. The number of rotatable bonds is 9. The molecule has 1 aliphatic rings. The molecule has 0 fully saturated rings. The van der Waals surface area contributed by atoms with Gasteiger partial charge >= 0.3 is 0 Å². The van der Waals surface area contributed by atoms with Crippen LogP contribution in [0.25, 0.3) is 6.08 Å². The van der Waals surface area contributed by atoms with Crippen molar-refractivity contribution in [1.29, 1.82) is 0 Å². The van der Waals surface area contributed by atoms with Gasteiger partial charge in [0.15, 0.2) is 0 Å². The Balaban J connectivity index is 1.63. The molecule has 0 saturated carbocycles. The summed E-state index contributed by atoms with van der Waals surface area (Å²) in [5.74, 6) is -0.356.